The maximum absolute atomic E-state index is 13.2. The number of hydrogen-bond donors (Lipinski definition) is 2. The summed E-state index contributed by atoms with van der Waals surface area (Å²) in [7, 11) is 0. The van der Waals surface area contributed by atoms with Crippen molar-refractivity contribution in [1.29, 1.82) is 0 Å². The van der Waals surface area contributed by atoms with E-state index in [1.807, 2.05) is 0 Å². The molecule has 1 unspecified atom stereocenters. The normalized spacial score (nSPS) is 12.5. The minimum Gasteiger partial charge on any atom is -0.479 e. The van der Waals surface area contributed by atoms with Crippen LogP contribution in [0, 0.1) is 11.6 Å². The number of carboxylic acids is 1. The molecule has 0 aliphatic carbocycles. The number of benzene rings is 1. The smallest absolute Gasteiger partial charge is 0.332 e. The standard InChI is InChI=1S/C9H7ClF2O3/c10-5-1-2-6(11)4(8(5)12)3-7(13)9(14)15/h1-2,7,13H,3H2,(H,14,15). The molecule has 0 bridgehead atoms. The number of carbonyl (C=O) groups is 1. The van der Waals surface area contributed by atoms with Gasteiger partial charge in [-0.1, -0.05) is 11.6 Å². The number of aliphatic hydroxyl groups is 1. The molecule has 3 nitrogen and oxygen atoms in total. The van der Waals surface area contributed by atoms with Crippen LogP contribution in [-0.4, -0.2) is 22.3 Å². The Morgan fingerprint density at radius 3 is 2.60 bits per heavy atom. The van der Waals surface area contributed by atoms with Crippen molar-refractivity contribution in [2.24, 2.45) is 0 Å². The van der Waals surface area contributed by atoms with Crippen molar-refractivity contribution in [2.45, 2.75) is 12.5 Å². The lowest BCUT2D eigenvalue weighted by molar-refractivity contribution is -0.146. The van der Waals surface area contributed by atoms with Crippen LogP contribution in [0.15, 0.2) is 12.1 Å². The molecule has 0 fully saturated rings. The van der Waals surface area contributed by atoms with Crippen LogP contribution in [-0.2, 0) is 11.2 Å². The SMILES string of the molecule is O=C(O)C(O)Cc1c(F)ccc(Cl)c1F. The summed E-state index contributed by atoms with van der Waals surface area (Å²) in [6.45, 7) is 0. The predicted molar refractivity (Wildman–Crippen MR) is 48.7 cm³/mol. The molecule has 0 aromatic heterocycles. The molecule has 1 aromatic carbocycles. The summed E-state index contributed by atoms with van der Waals surface area (Å²) in [6, 6.07) is 1.93. The first-order valence-electron chi connectivity index (χ1n) is 3.96. The summed E-state index contributed by atoms with van der Waals surface area (Å²) in [6.07, 6.45) is -2.51. The van der Waals surface area contributed by atoms with E-state index in [4.69, 9.17) is 21.8 Å². The Morgan fingerprint density at radius 2 is 2.07 bits per heavy atom. The van der Waals surface area contributed by atoms with E-state index >= 15 is 0 Å². The van der Waals surface area contributed by atoms with Gasteiger partial charge in [-0.15, -0.1) is 0 Å². The summed E-state index contributed by atoms with van der Waals surface area (Å²) >= 11 is 5.38. The van der Waals surface area contributed by atoms with Crippen LogP contribution in [0.3, 0.4) is 0 Å². The van der Waals surface area contributed by atoms with Crippen LogP contribution in [0.25, 0.3) is 0 Å². The van der Waals surface area contributed by atoms with Gasteiger partial charge in [0.2, 0.25) is 0 Å². The number of carboxylic acid groups (broad SMARTS) is 1. The molecule has 0 spiro atoms. The Balaban J connectivity index is 3.03. The van der Waals surface area contributed by atoms with E-state index in [1.165, 1.54) is 0 Å². The van der Waals surface area contributed by atoms with Crippen LogP contribution in [0.5, 0.6) is 0 Å². The fourth-order valence-corrected chi connectivity index (χ4v) is 1.21. The number of halogens is 3. The van der Waals surface area contributed by atoms with Crippen molar-refractivity contribution >= 4 is 17.6 Å². The van der Waals surface area contributed by atoms with Crippen molar-refractivity contribution in [3.8, 4) is 0 Å². The van der Waals surface area contributed by atoms with E-state index in [0.29, 0.717) is 0 Å². The second-order valence-electron chi connectivity index (χ2n) is 2.88. The minimum atomic E-state index is -1.85. The summed E-state index contributed by atoms with van der Waals surface area (Å²) < 4.78 is 26.3. The molecule has 0 radical (unpaired) electrons. The third kappa shape index (κ3) is 2.64. The fourth-order valence-electron chi connectivity index (χ4n) is 1.04. The summed E-state index contributed by atoms with van der Waals surface area (Å²) in [5.74, 6) is -3.53. The zero-order valence-electron chi connectivity index (χ0n) is 7.38. The zero-order chi connectivity index (χ0) is 11.6. The van der Waals surface area contributed by atoms with Crippen molar-refractivity contribution in [2.75, 3.05) is 0 Å². The Hall–Kier alpha value is -1.20. The van der Waals surface area contributed by atoms with E-state index in [1.54, 1.807) is 0 Å². The Labute approximate surface area is 88.9 Å². The van der Waals surface area contributed by atoms with Gasteiger partial charge in [0, 0.05) is 12.0 Å². The minimum absolute atomic E-state index is 0.316. The first kappa shape index (κ1) is 11.9. The molecule has 0 heterocycles. The van der Waals surface area contributed by atoms with E-state index in [-0.39, 0.29) is 5.02 Å². The zero-order valence-corrected chi connectivity index (χ0v) is 8.13. The molecule has 0 saturated carbocycles. The molecule has 0 aliphatic rings. The molecule has 15 heavy (non-hydrogen) atoms. The van der Waals surface area contributed by atoms with Gasteiger partial charge in [-0.05, 0) is 12.1 Å². The summed E-state index contributed by atoms with van der Waals surface area (Å²) in [5, 5.41) is 17.0. The van der Waals surface area contributed by atoms with Gasteiger partial charge in [0.1, 0.15) is 11.6 Å². The third-order valence-electron chi connectivity index (χ3n) is 1.82. The van der Waals surface area contributed by atoms with Gasteiger partial charge in [-0.3, -0.25) is 0 Å². The van der Waals surface area contributed by atoms with Gasteiger partial charge in [0.25, 0.3) is 0 Å². The fraction of sp³-hybridized carbons (Fsp3) is 0.222. The highest BCUT2D eigenvalue weighted by Gasteiger charge is 2.20. The number of rotatable bonds is 3. The highest BCUT2D eigenvalue weighted by atomic mass is 35.5. The number of aliphatic carboxylic acids is 1. The molecule has 1 rings (SSSR count). The molecule has 6 heteroatoms. The van der Waals surface area contributed by atoms with E-state index in [0.717, 1.165) is 12.1 Å². The average molecular weight is 237 g/mol. The Bertz CT molecular complexity index is 395. The first-order chi connectivity index (χ1) is 6.93. The van der Waals surface area contributed by atoms with Crippen molar-refractivity contribution in [1.82, 2.24) is 0 Å². The topological polar surface area (TPSA) is 57.5 Å². The Kier molecular flexibility index (Phi) is 3.60. The largest absolute Gasteiger partial charge is 0.479 e. The van der Waals surface area contributed by atoms with Gasteiger partial charge in [0.15, 0.2) is 6.10 Å². The summed E-state index contributed by atoms with van der Waals surface area (Å²) in [4.78, 5) is 10.3. The predicted octanol–water partition coefficient (Wildman–Crippen LogP) is 1.61. The monoisotopic (exact) mass is 236 g/mol. The van der Waals surface area contributed by atoms with Gasteiger partial charge in [-0.2, -0.15) is 0 Å². The molecule has 82 valence electrons. The molecule has 2 N–H and O–H groups in total. The molecule has 0 aliphatic heterocycles. The maximum Gasteiger partial charge on any atom is 0.332 e. The maximum atomic E-state index is 13.2. The van der Waals surface area contributed by atoms with Gasteiger partial charge in [-0.25, -0.2) is 13.6 Å². The molecule has 0 amide bonds. The molecule has 1 aromatic rings. The van der Waals surface area contributed by atoms with Gasteiger partial charge >= 0.3 is 5.97 Å². The molecule has 1 atom stereocenters. The molecular weight excluding hydrogens is 230 g/mol. The van der Waals surface area contributed by atoms with Crippen LogP contribution in [0.2, 0.25) is 5.02 Å². The average Bonchev–Trinajstić information content (AvgIpc) is 2.18. The number of aliphatic hydroxyl groups excluding tert-OH is 1. The van der Waals surface area contributed by atoms with Gasteiger partial charge < -0.3 is 10.2 Å². The van der Waals surface area contributed by atoms with Crippen LogP contribution < -0.4 is 0 Å². The van der Waals surface area contributed by atoms with Gasteiger partial charge in [0.05, 0.1) is 5.02 Å². The quantitative estimate of drug-likeness (QED) is 0.784. The van der Waals surface area contributed by atoms with Crippen molar-refractivity contribution < 1.29 is 23.8 Å². The lowest BCUT2D eigenvalue weighted by Gasteiger charge is -2.08. The lowest BCUT2D eigenvalue weighted by atomic mass is 10.1. The van der Waals surface area contributed by atoms with Crippen LogP contribution >= 0.6 is 11.6 Å². The Morgan fingerprint density at radius 1 is 1.47 bits per heavy atom. The first-order valence-corrected chi connectivity index (χ1v) is 4.34. The highest BCUT2D eigenvalue weighted by Crippen LogP contribution is 2.22. The molecule has 0 saturated heterocycles. The van der Waals surface area contributed by atoms with Crippen molar-refractivity contribution in [3.05, 3.63) is 34.4 Å². The van der Waals surface area contributed by atoms with E-state index < -0.39 is 35.7 Å². The lowest BCUT2D eigenvalue weighted by Crippen LogP contribution is -2.23. The van der Waals surface area contributed by atoms with Crippen LogP contribution in [0.1, 0.15) is 5.56 Å². The van der Waals surface area contributed by atoms with E-state index in [2.05, 4.69) is 0 Å². The van der Waals surface area contributed by atoms with E-state index in [9.17, 15) is 13.6 Å². The number of hydrogen-bond acceptors (Lipinski definition) is 2. The molecular formula is C9H7ClF2O3. The van der Waals surface area contributed by atoms with Crippen LogP contribution in [0.4, 0.5) is 8.78 Å². The second kappa shape index (κ2) is 4.55. The second-order valence-corrected chi connectivity index (χ2v) is 3.29. The summed E-state index contributed by atoms with van der Waals surface area (Å²) in [5.41, 5.74) is -0.530. The van der Waals surface area contributed by atoms with Crippen molar-refractivity contribution in [3.63, 3.8) is 0 Å². The third-order valence-corrected chi connectivity index (χ3v) is 2.11. The highest BCUT2D eigenvalue weighted by molar-refractivity contribution is 6.30.